The van der Waals surface area contributed by atoms with E-state index in [0.717, 1.165) is 10.5 Å². The summed E-state index contributed by atoms with van der Waals surface area (Å²) in [6.07, 6.45) is 1.23. The number of nitrogens with zero attached hydrogens (tertiary/aromatic N) is 1. The van der Waals surface area contributed by atoms with Gasteiger partial charge < -0.3 is 5.11 Å². The Morgan fingerprint density at radius 2 is 1.95 bits per heavy atom. The summed E-state index contributed by atoms with van der Waals surface area (Å²) in [6, 6.07) is 3.61. The zero-order chi connectivity index (χ0) is 14.4. The predicted octanol–water partition coefficient (Wildman–Crippen LogP) is 1.67. The molecule has 0 bridgehead atoms. The lowest BCUT2D eigenvalue weighted by molar-refractivity contribution is -0.123. The summed E-state index contributed by atoms with van der Waals surface area (Å²) in [5.41, 5.74) is 0.979. The lowest BCUT2D eigenvalue weighted by Crippen LogP contribution is -2.46. The second-order valence-corrected chi connectivity index (χ2v) is 5.13. The van der Waals surface area contributed by atoms with Crippen LogP contribution in [0.1, 0.15) is 40.0 Å². The second-order valence-electron chi connectivity index (χ2n) is 5.13. The van der Waals surface area contributed by atoms with E-state index in [2.05, 4.69) is 6.58 Å². The summed E-state index contributed by atoms with van der Waals surface area (Å²) in [5.74, 6) is -1.49. The van der Waals surface area contributed by atoms with Gasteiger partial charge in [0.25, 0.3) is 11.8 Å². The van der Waals surface area contributed by atoms with E-state index in [1.165, 1.54) is 18.2 Å². The lowest BCUT2D eigenvalue weighted by Gasteiger charge is -2.29. The van der Waals surface area contributed by atoms with E-state index in [1.54, 1.807) is 0 Å². The number of carbonyl (C=O) groups is 3. The summed E-state index contributed by atoms with van der Waals surface area (Å²) < 4.78 is 0. The van der Waals surface area contributed by atoms with Gasteiger partial charge in [0.2, 0.25) is 0 Å². The van der Waals surface area contributed by atoms with Crippen LogP contribution in [0, 0.1) is 0 Å². The molecule has 20 heavy (non-hydrogen) atoms. The van der Waals surface area contributed by atoms with E-state index < -0.39 is 17.9 Å². The highest BCUT2D eigenvalue weighted by Gasteiger charge is 2.44. The molecule has 102 valence electrons. The number of hydrogen-bond donors (Lipinski definition) is 1. The molecular formula is C15H13NO4. The molecule has 2 amide bonds. The van der Waals surface area contributed by atoms with Gasteiger partial charge in [-0.05, 0) is 25.0 Å². The molecule has 0 saturated heterocycles. The van der Waals surface area contributed by atoms with E-state index in [9.17, 15) is 19.5 Å². The first-order chi connectivity index (χ1) is 9.50. The van der Waals surface area contributed by atoms with Crippen molar-refractivity contribution >= 4 is 17.6 Å². The van der Waals surface area contributed by atoms with E-state index in [0.29, 0.717) is 12.8 Å². The van der Waals surface area contributed by atoms with Gasteiger partial charge >= 0.3 is 0 Å². The van der Waals surface area contributed by atoms with Crippen LogP contribution in [0.2, 0.25) is 0 Å². The standard InChI is InChI=1S/C15H13NO4/c1-8-5-6-10(12(18)7-8)16-14(19)9-3-2-4-11(17)13(9)15(16)20/h2-4,10,17H,1,5-7H2. The van der Waals surface area contributed by atoms with Crippen LogP contribution in [0.15, 0.2) is 30.4 Å². The highest BCUT2D eigenvalue weighted by Crippen LogP contribution is 2.34. The highest BCUT2D eigenvalue weighted by molar-refractivity contribution is 6.24. The molecule has 0 radical (unpaired) electrons. The monoisotopic (exact) mass is 271 g/mol. The van der Waals surface area contributed by atoms with Gasteiger partial charge in [-0.25, -0.2) is 0 Å². The van der Waals surface area contributed by atoms with Crippen LogP contribution in [0.4, 0.5) is 0 Å². The number of ketones is 1. The molecule has 1 unspecified atom stereocenters. The number of benzene rings is 1. The molecule has 0 aromatic heterocycles. The van der Waals surface area contributed by atoms with Crippen LogP contribution >= 0.6 is 0 Å². The smallest absolute Gasteiger partial charge is 0.265 e. The molecule has 1 N–H and O–H groups in total. The fraction of sp³-hybridized carbons (Fsp3) is 0.267. The second kappa shape index (κ2) is 4.30. The van der Waals surface area contributed by atoms with Crippen molar-refractivity contribution in [3.05, 3.63) is 41.5 Å². The van der Waals surface area contributed by atoms with Crippen molar-refractivity contribution in [1.82, 2.24) is 4.90 Å². The average Bonchev–Trinajstić information content (AvgIpc) is 2.64. The minimum Gasteiger partial charge on any atom is -0.507 e. The number of allylic oxidation sites excluding steroid dienone is 1. The third-order valence-corrected chi connectivity index (χ3v) is 3.80. The quantitative estimate of drug-likeness (QED) is 0.622. The van der Waals surface area contributed by atoms with Crippen molar-refractivity contribution in [2.24, 2.45) is 0 Å². The van der Waals surface area contributed by atoms with E-state index in [4.69, 9.17) is 0 Å². The number of aromatic hydroxyl groups is 1. The number of phenols is 1. The van der Waals surface area contributed by atoms with E-state index in [1.807, 2.05) is 0 Å². The molecule has 1 aromatic carbocycles. The van der Waals surface area contributed by atoms with Crippen LogP contribution in [0.5, 0.6) is 5.75 Å². The maximum Gasteiger partial charge on any atom is 0.265 e. The van der Waals surface area contributed by atoms with E-state index in [-0.39, 0.29) is 29.1 Å². The SMILES string of the molecule is C=C1CCC(N2C(=O)c3cccc(O)c3C2=O)C(=O)C1. The largest absolute Gasteiger partial charge is 0.507 e. The maximum absolute atomic E-state index is 12.3. The number of rotatable bonds is 1. The average molecular weight is 271 g/mol. The Morgan fingerprint density at radius 1 is 1.20 bits per heavy atom. The van der Waals surface area contributed by atoms with Gasteiger partial charge in [0, 0.05) is 6.42 Å². The van der Waals surface area contributed by atoms with Gasteiger partial charge in [-0.3, -0.25) is 19.3 Å². The summed E-state index contributed by atoms with van der Waals surface area (Å²) in [6.45, 7) is 3.77. The third kappa shape index (κ3) is 1.66. The summed E-state index contributed by atoms with van der Waals surface area (Å²) in [7, 11) is 0. The summed E-state index contributed by atoms with van der Waals surface area (Å²) >= 11 is 0. The molecule has 1 heterocycles. The van der Waals surface area contributed by atoms with Crippen molar-refractivity contribution in [2.75, 3.05) is 0 Å². The molecule has 1 saturated carbocycles. The topological polar surface area (TPSA) is 74.7 Å². The number of carbonyl (C=O) groups excluding carboxylic acids is 3. The molecule has 1 fully saturated rings. The number of Topliss-reactive ketones (excluding diaryl/α,β-unsaturated/α-hetero) is 1. The number of phenolic OH excluding ortho intramolecular Hbond substituents is 1. The van der Waals surface area contributed by atoms with Crippen molar-refractivity contribution in [3.8, 4) is 5.75 Å². The molecule has 5 nitrogen and oxygen atoms in total. The first kappa shape index (κ1) is 12.6. The lowest BCUT2D eigenvalue weighted by atomic mass is 9.89. The van der Waals surface area contributed by atoms with Gasteiger partial charge in [0.05, 0.1) is 17.2 Å². The fourth-order valence-corrected chi connectivity index (χ4v) is 2.80. The van der Waals surface area contributed by atoms with Crippen LogP contribution in [0.3, 0.4) is 0 Å². The molecule has 5 heteroatoms. The Labute approximate surface area is 115 Å². The van der Waals surface area contributed by atoms with Crippen molar-refractivity contribution in [1.29, 1.82) is 0 Å². The van der Waals surface area contributed by atoms with Gasteiger partial charge in [-0.1, -0.05) is 18.2 Å². The Bertz CT molecular complexity index is 662. The first-order valence-electron chi connectivity index (χ1n) is 6.40. The molecule has 3 rings (SSSR count). The van der Waals surface area contributed by atoms with Gasteiger partial charge in [0.15, 0.2) is 5.78 Å². The molecule has 1 aliphatic carbocycles. The zero-order valence-electron chi connectivity index (χ0n) is 10.8. The summed E-state index contributed by atoms with van der Waals surface area (Å²) in [4.78, 5) is 37.7. The predicted molar refractivity (Wildman–Crippen MR) is 70.4 cm³/mol. The highest BCUT2D eigenvalue weighted by atomic mass is 16.3. The molecule has 2 aliphatic rings. The Kier molecular flexibility index (Phi) is 2.71. The maximum atomic E-state index is 12.3. The van der Waals surface area contributed by atoms with Crippen molar-refractivity contribution in [3.63, 3.8) is 0 Å². The molecular weight excluding hydrogens is 258 g/mol. The van der Waals surface area contributed by atoms with Gasteiger partial charge in [0.1, 0.15) is 5.75 Å². The number of fused-ring (bicyclic) bond motifs is 1. The number of imide groups is 1. The van der Waals surface area contributed by atoms with Crippen molar-refractivity contribution in [2.45, 2.75) is 25.3 Å². The van der Waals surface area contributed by atoms with Gasteiger partial charge in [-0.2, -0.15) is 0 Å². The van der Waals surface area contributed by atoms with Crippen LogP contribution in [-0.2, 0) is 4.79 Å². The zero-order valence-corrected chi connectivity index (χ0v) is 10.8. The Hall–Kier alpha value is -2.43. The third-order valence-electron chi connectivity index (χ3n) is 3.80. The van der Waals surface area contributed by atoms with Crippen molar-refractivity contribution < 1.29 is 19.5 Å². The number of amides is 2. The Morgan fingerprint density at radius 3 is 2.60 bits per heavy atom. The van der Waals surface area contributed by atoms with Crippen LogP contribution < -0.4 is 0 Å². The number of hydrogen-bond acceptors (Lipinski definition) is 4. The van der Waals surface area contributed by atoms with E-state index >= 15 is 0 Å². The fourth-order valence-electron chi connectivity index (χ4n) is 2.80. The Balaban J connectivity index is 2.00. The molecule has 1 atom stereocenters. The minimum atomic E-state index is -0.743. The minimum absolute atomic E-state index is 0.00491. The normalized spacial score (nSPS) is 22.4. The molecule has 1 aliphatic heterocycles. The van der Waals surface area contributed by atoms with Gasteiger partial charge in [-0.15, -0.1) is 0 Å². The molecule has 0 spiro atoms. The first-order valence-corrected chi connectivity index (χ1v) is 6.40. The summed E-state index contributed by atoms with van der Waals surface area (Å²) in [5, 5.41) is 9.74. The molecule has 1 aromatic rings. The van der Waals surface area contributed by atoms with Crippen LogP contribution in [0.25, 0.3) is 0 Å². The van der Waals surface area contributed by atoms with Crippen LogP contribution in [-0.4, -0.2) is 33.6 Å².